The summed E-state index contributed by atoms with van der Waals surface area (Å²) in [4.78, 5) is 34.2. The van der Waals surface area contributed by atoms with Gasteiger partial charge in [-0.2, -0.15) is 0 Å². The van der Waals surface area contributed by atoms with Crippen molar-refractivity contribution in [1.82, 2.24) is 10.3 Å². The van der Waals surface area contributed by atoms with Crippen molar-refractivity contribution in [2.75, 3.05) is 25.1 Å². The maximum atomic E-state index is 12.6. The monoisotopic (exact) mass is 420 g/mol. The molecule has 0 spiro atoms. The first kappa shape index (κ1) is 21.3. The van der Waals surface area contributed by atoms with Crippen molar-refractivity contribution >= 4 is 34.9 Å². The summed E-state index contributed by atoms with van der Waals surface area (Å²) >= 11 is 6.08. The molecule has 156 valence electrons. The summed E-state index contributed by atoms with van der Waals surface area (Å²) in [6.07, 6.45) is 1.65. The Bertz CT molecular complexity index is 883. The lowest BCUT2D eigenvalue weighted by molar-refractivity contribution is -0.116. The number of aromatic nitrogens is 1. The normalized spacial score (nSPS) is 21.9. The highest BCUT2D eigenvalue weighted by atomic mass is 35.5. The Labute approximate surface area is 174 Å². The van der Waals surface area contributed by atoms with E-state index in [4.69, 9.17) is 16.3 Å². The van der Waals surface area contributed by atoms with Gasteiger partial charge < -0.3 is 20.1 Å². The van der Waals surface area contributed by atoms with Crippen LogP contribution in [-0.2, 0) is 9.53 Å². The summed E-state index contributed by atoms with van der Waals surface area (Å²) in [5.74, 6) is -1.28. The van der Waals surface area contributed by atoms with Gasteiger partial charge in [0.1, 0.15) is 10.9 Å². The molecule has 8 nitrogen and oxygen atoms in total. The molecule has 2 aliphatic rings. The number of aliphatic imine (C=N–C) groups is 1. The van der Waals surface area contributed by atoms with E-state index in [1.165, 1.54) is 0 Å². The zero-order chi connectivity index (χ0) is 21.1. The molecule has 9 heteroatoms. The predicted octanol–water partition coefficient (Wildman–Crippen LogP) is 2.50. The summed E-state index contributed by atoms with van der Waals surface area (Å²) in [5.41, 5.74) is 2.84. The molecule has 1 saturated heterocycles. The van der Waals surface area contributed by atoms with Gasteiger partial charge in [-0.15, -0.1) is 0 Å². The summed E-state index contributed by atoms with van der Waals surface area (Å²) in [7, 11) is 1.61. The number of hydrogen-bond donors (Lipinski definition) is 2. The maximum absolute atomic E-state index is 12.6. The fourth-order valence-electron chi connectivity index (χ4n) is 3.66. The van der Waals surface area contributed by atoms with Crippen LogP contribution in [0.2, 0.25) is 0 Å². The van der Waals surface area contributed by atoms with E-state index >= 15 is 0 Å². The van der Waals surface area contributed by atoms with Crippen LogP contribution >= 0.6 is 11.6 Å². The van der Waals surface area contributed by atoms with E-state index in [1.54, 1.807) is 20.1 Å². The number of carbonyl (C=O) groups is 2. The molecular formula is C20H25ClN4O4. The number of amides is 1. The highest BCUT2D eigenvalue weighted by Crippen LogP contribution is 2.26. The quantitative estimate of drug-likeness (QED) is 0.685. The van der Waals surface area contributed by atoms with Gasteiger partial charge in [-0.05, 0) is 37.5 Å². The molecule has 2 aliphatic heterocycles. The van der Waals surface area contributed by atoms with Crippen LogP contribution in [0.5, 0.6) is 0 Å². The van der Waals surface area contributed by atoms with Gasteiger partial charge in [0.2, 0.25) is 0 Å². The number of allylic oxidation sites excluding steroid dienone is 1. The predicted molar refractivity (Wildman–Crippen MR) is 111 cm³/mol. The van der Waals surface area contributed by atoms with Crippen molar-refractivity contribution < 1.29 is 19.4 Å². The van der Waals surface area contributed by atoms with Crippen molar-refractivity contribution in [3.63, 3.8) is 0 Å². The van der Waals surface area contributed by atoms with E-state index in [2.05, 4.69) is 20.2 Å². The number of anilines is 1. The van der Waals surface area contributed by atoms with E-state index < -0.39 is 5.97 Å². The number of aryl methyl sites for hydroxylation is 1. The van der Waals surface area contributed by atoms with Gasteiger partial charge in [0.15, 0.2) is 5.69 Å². The Balaban J connectivity index is 1.67. The topological polar surface area (TPSA) is 104 Å². The van der Waals surface area contributed by atoms with Gasteiger partial charge in [-0.1, -0.05) is 18.5 Å². The van der Waals surface area contributed by atoms with Gasteiger partial charge in [-0.3, -0.25) is 4.79 Å². The number of ether oxygens (including phenoxy) is 1. The Morgan fingerprint density at radius 1 is 1.41 bits per heavy atom. The third-order valence-corrected chi connectivity index (χ3v) is 5.65. The minimum Gasteiger partial charge on any atom is -0.477 e. The van der Waals surface area contributed by atoms with Crippen molar-refractivity contribution in [2.45, 2.75) is 45.3 Å². The first-order chi connectivity index (χ1) is 13.8. The number of pyridine rings is 1. The van der Waals surface area contributed by atoms with E-state index in [0.29, 0.717) is 42.5 Å². The number of hydrogen-bond acceptors (Lipinski definition) is 6. The fraction of sp³-hybridized carbons (Fsp3) is 0.500. The molecular weight excluding hydrogens is 396 g/mol. The number of methoxy groups -OCH3 is 1. The van der Waals surface area contributed by atoms with Crippen LogP contribution < -0.4 is 10.2 Å². The molecule has 29 heavy (non-hydrogen) atoms. The maximum Gasteiger partial charge on any atom is 0.354 e. The molecule has 0 aromatic carbocycles. The largest absolute Gasteiger partial charge is 0.477 e. The molecule has 3 heterocycles. The first-order valence-corrected chi connectivity index (χ1v) is 9.95. The molecule has 0 bridgehead atoms. The second-order valence-corrected chi connectivity index (χ2v) is 7.59. The van der Waals surface area contributed by atoms with Gasteiger partial charge in [0.05, 0.1) is 12.1 Å². The molecule has 1 aromatic heterocycles. The van der Waals surface area contributed by atoms with E-state index in [1.807, 2.05) is 13.0 Å². The van der Waals surface area contributed by atoms with Gasteiger partial charge in [0.25, 0.3) is 5.91 Å². The molecule has 1 fully saturated rings. The van der Waals surface area contributed by atoms with Crippen molar-refractivity contribution in [3.05, 3.63) is 34.2 Å². The number of carboxylic acid groups (broad SMARTS) is 1. The van der Waals surface area contributed by atoms with Crippen LogP contribution in [0.1, 0.15) is 42.4 Å². The Hall–Kier alpha value is -2.45. The van der Waals surface area contributed by atoms with Gasteiger partial charge in [-0.25, -0.2) is 14.8 Å². The molecule has 2 N–H and O–H groups in total. The highest BCUT2D eigenvalue weighted by molar-refractivity contribution is 6.43. The van der Waals surface area contributed by atoms with Crippen molar-refractivity contribution in [1.29, 1.82) is 0 Å². The lowest BCUT2D eigenvalue weighted by atomic mass is 10.00. The number of carboxylic acids is 1. The SMILES string of the molecule is CCC1=C(Cl)N=C(C(=O)N[C@@H]2CCN(c3cc(C)nc(C(=O)O)c3)C[C@@H]2OC)C1. The van der Waals surface area contributed by atoms with E-state index in [9.17, 15) is 14.7 Å². The molecule has 0 saturated carbocycles. The van der Waals surface area contributed by atoms with Crippen LogP contribution in [0.15, 0.2) is 27.9 Å². The Morgan fingerprint density at radius 3 is 2.79 bits per heavy atom. The smallest absolute Gasteiger partial charge is 0.354 e. The third kappa shape index (κ3) is 4.76. The third-order valence-electron chi connectivity index (χ3n) is 5.30. The van der Waals surface area contributed by atoms with Crippen molar-refractivity contribution in [3.8, 4) is 0 Å². The lowest BCUT2D eigenvalue weighted by Crippen LogP contribution is -2.56. The van der Waals surface area contributed by atoms with Crippen LogP contribution in [0.3, 0.4) is 0 Å². The van der Waals surface area contributed by atoms with Gasteiger partial charge >= 0.3 is 5.97 Å². The fourth-order valence-corrected chi connectivity index (χ4v) is 3.97. The second-order valence-electron chi connectivity index (χ2n) is 7.23. The molecule has 0 aliphatic carbocycles. The standard InChI is InChI=1S/C20H25ClN4O4/c1-4-12-8-15(23-18(12)21)19(26)24-14-5-6-25(10-17(14)29-3)13-7-11(2)22-16(9-13)20(27)28/h7,9,14,17H,4-6,8,10H2,1-3H3,(H,24,26)(H,27,28)/t14-,17+/m1/s1. The molecule has 0 radical (unpaired) electrons. The summed E-state index contributed by atoms with van der Waals surface area (Å²) < 4.78 is 5.63. The minimum absolute atomic E-state index is 0.0137. The average Bonchev–Trinajstić information content (AvgIpc) is 3.08. The van der Waals surface area contributed by atoms with Crippen LogP contribution in [0.25, 0.3) is 0 Å². The number of carbonyl (C=O) groups excluding carboxylic acids is 1. The number of halogens is 1. The number of aromatic carboxylic acids is 1. The lowest BCUT2D eigenvalue weighted by Gasteiger charge is -2.39. The number of nitrogens with one attached hydrogen (secondary N) is 1. The number of rotatable bonds is 6. The molecule has 2 atom stereocenters. The Kier molecular flexibility index (Phi) is 6.54. The average molecular weight is 421 g/mol. The van der Waals surface area contributed by atoms with Crippen LogP contribution in [-0.4, -0.2) is 60.0 Å². The van der Waals surface area contributed by atoms with E-state index in [-0.39, 0.29) is 23.7 Å². The van der Waals surface area contributed by atoms with Crippen LogP contribution in [0.4, 0.5) is 5.69 Å². The number of piperidine rings is 1. The van der Waals surface area contributed by atoms with E-state index in [0.717, 1.165) is 17.7 Å². The zero-order valence-corrected chi connectivity index (χ0v) is 17.5. The molecule has 1 amide bonds. The molecule has 1 aromatic rings. The van der Waals surface area contributed by atoms with Crippen molar-refractivity contribution in [2.24, 2.45) is 4.99 Å². The first-order valence-electron chi connectivity index (χ1n) is 9.58. The highest BCUT2D eigenvalue weighted by Gasteiger charge is 2.32. The minimum atomic E-state index is -1.06. The Morgan fingerprint density at radius 2 is 2.17 bits per heavy atom. The summed E-state index contributed by atoms with van der Waals surface area (Å²) in [6, 6.07) is 3.25. The van der Waals surface area contributed by atoms with Gasteiger partial charge in [0, 0.05) is 38.0 Å². The summed E-state index contributed by atoms with van der Waals surface area (Å²) in [6.45, 7) is 4.93. The molecule has 0 unspecified atom stereocenters. The molecule has 3 rings (SSSR count). The second kappa shape index (κ2) is 8.92. The van der Waals surface area contributed by atoms with Crippen LogP contribution in [0, 0.1) is 6.92 Å². The zero-order valence-electron chi connectivity index (χ0n) is 16.7. The summed E-state index contributed by atoms with van der Waals surface area (Å²) in [5, 5.41) is 12.7. The number of nitrogens with zero attached hydrogens (tertiary/aromatic N) is 3.